The highest BCUT2D eigenvalue weighted by atomic mass is 32.1. The molecule has 0 radical (unpaired) electrons. The molecule has 0 aromatic carbocycles. The van der Waals surface area contributed by atoms with Gasteiger partial charge in [-0.3, -0.25) is 0 Å². The molecule has 0 bridgehead atoms. The third kappa shape index (κ3) is 2.60. The summed E-state index contributed by atoms with van der Waals surface area (Å²) < 4.78 is 0. The minimum Gasteiger partial charge on any atom is -0.390 e. The van der Waals surface area contributed by atoms with E-state index in [0.717, 1.165) is 32.4 Å². The second-order valence-electron chi connectivity index (χ2n) is 4.54. The van der Waals surface area contributed by atoms with Crippen LogP contribution in [0.1, 0.15) is 24.6 Å². The highest BCUT2D eigenvalue weighted by Crippen LogP contribution is 2.29. The Labute approximate surface area is 95.3 Å². The van der Waals surface area contributed by atoms with Gasteiger partial charge in [-0.2, -0.15) is 0 Å². The van der Waals surface area contributed by atoms with Crippen molar-refractivity contribution in [3.63, 3.8) is 0 Å². The van der Waals surface area contributed by atoms with Crippen LogP contribution >= 0.6 is 11.3 Å². The summed E-state index contributed by atoms with van der Waals surface area (Å²) in [6, 6.07) is 4.23. The molecule has 2 nitrogen and oxygen atoms in total. The Hall–Kier alpha value is -0.380. The maximum Gasteiger partial charge on any atom is 0.0700 e. The molecule has 1 aliphatic rings. The molecule has 2 atom stereocenters. The largest absolute Gasteiger partial charge is 0.390 e. The van der Waals surface area contributed by atoms with E-state index in [1.807, 2.05) is 0 Å². The van der Waals surface area contributed by atoms with Crippen LogP contribution in [0, 0.1) is 5.92 Å². The zero-order chi connectivity index (χ0) is 10.7. The molecular weight excluding hydrogens is 206 g/mol. The van der Waals surface area contributed by atoms with Gasteiger partial charge in [0.2, 0.25) is 0 Å². The van der Waals surface area contributed by atoms with Gasteiger partial charge in [-0.05, 0) is 43.2 Å². The third-order valence-electron chi connectivity index (χ3n) is 3.49. The van der Waals surface area contributed by atoms with Gasteiger partial charge in [0, 0.05) is 11.4 Å². The van der Waals surface area contributed by atoms with Crippen molar-refractivity contribution < 1.29 is 5.11 Å². The number of nitrogens with one attached hydrogen (secondary N) is 1. The summed E-state index contributed by atoms with van der Waals surface area (Å²) in [5.41, 5.74) is -0.449. The lowest BCUT2D eigenvalue weighted by molar-refractivity contribution is -0.0400. The number of aryl methyl sites for hydroxylation is 1. The maximum atomic E-state index is 10.5. The van der Waals surface area contributed by atoms with E-state index in [0.29, 0.717) is 5.92 Å². The quantitative estimate of drug-likeness (QED) is 0.825. The second kappa shape index (κ2) is 4.64. The van der Waals surface area contributed by atoms with Gasteiger partial charge in [0.05, 0.1) is 5.60 Å². The number of hydrogen-bond acceptors (Lipinski definition) is 3. The molecule has 1 saturated heterocycles. The van der Waals surface area contributed by atoms with Crippen molar-refractivity contribution in [2.45, 2.75) is 31.8 Å². The molecule has 15 heavy (non-hydrogen) atoms. The fourth-order valence-electron chi connectivity index (χ4n) is 2.23. The van der Waals surface area contributed by atoms with Crippen LogP contribution in [0.25, 0.3) is 0 Å². The molecule has 0 saturated carbocycles. The van der Waals surface area contributed by atoms with Crippen LogP contribution in [0.3, 0.4) is 0 Å². The van der Waals surface area contributed by atoms with Crippen molar-refractivity contribution in [2.75, 3.05) is 13.1 Å². The smallest absolute Gasteiger partial charge is 0.0700 e. The molecule has 0 amide bonds. The predicted octanol–water partition coefficient (Wildman–Crippen LogP) is 2.04. The van der Waals surface area contributed by atoms with Gasteiger partial charge in [0.15, 0.2) is 0 Å². The molecule has 1 aromatic heterocycles. The minimum absolute atomic E-state index is 0.367. The molecule has 1 fully saturated rings. The number of thiophene rings is 1. The van der Waals surface area contributed by atoms with Crippen LogP contribution in [0.2, 0.25) is 0 Å². The Kier molecular flexibility index (Phi) is 3.44. The van der Waals surface area contributed by atoms with E-state index in [2.05, 4.69) is 29.8 Å². The molecule has 1 aromatic rings. The Morgan fingerprint density at radius 3 is 3.20 bits per heavy atom. The lowest BCUT2D eigenvalue weighted by atomic mass is 9.79. The third-order valence-corrected chi connectivity index (χ3v) is 4.42. The van der Waals surface area contributed by atoms with Crippen molar-refractivity contribution in [2.24, 2.45) is 5.92 Å². The van der Waals surface area contributed by atoms with Gasteiger partial charge in [0.1, 0.15) is 0 Å². The van der Waals surface area contributed by atoms with Gasteiger partial charge in [-0.15, -0.1) is 11.3 Å². The van der Waals surface area contributed by atoms with Gasteiger partial charge in [-0.1, -0.05) is 13.0 Å². The molecule has 2 heterocycles. The lowest BCUT2D eigenvalue weighted by Crippen LogP contribution is -2.49. The Bertz CT molecular complexity index is 299. The average Bonchev–Trinajstić information content (AvgIpc) is 2.73. The number of hydrogen-bond donors (Lipinski definition) is 2. The number of piperidine rings is 1. The maximum absolute atomic E-state index is 10.5. The van der Waals surface area contributed by atoms with E-state index in [1.54, 1.807) is 11.3 Å². The van der Waals surface area contributed by atoms with Gasteiger partial charge < -0.3 is 10.4 Å². The van der Waals surface area contributed by atoms with E-state index in [-0.39, 0.29) is 0 Å². The first-order chi connectivity index (χ1) is 7.21. The summed E-state index contributed by atoms with van der Waals surface area (Å²) in [7, 11) is 0. The summed E-state index contributed by atoms with van der Waals surface area (Å²) in [5, 5.41) is 15.9. The first-order valence-electron chi connectivity index (χ1n) is 5.66. The summed E-state index contributed by atoms with van der Waals surface area (Å²) in [6.45, 7) is 4.03. The average molecular weight is 225 g/mol. The Balaban J connectivity index is 1.91. The molecule has 1 aliphatic heterocycles. The predicted molar refractivity (Wildman–Crippen MR) is 64.2 cm³/mol. The van der Waals surface area contributed by atoms with Crippen LogP contribution in [0.4, 0.5) is 0 Å². The van der Waals surface area contributed by atoms with Crippen LogP contribution < -0.4 is 5.32 Å². The first kappa shape index (κ1) is 11.1. The fourth-order valence-corrected chi connectivity index (χ4v) is 2.93. The first-order valence-corrected chi connectivity index (χ1v) is 6.54. The van der Waals surface area contributed by atoms with Crippen molar-refractivity contribution in [3.05, 3.63) is 22.4 Å². The van der Waals surface area contributed by atoms with E-state index >= 15 is 0 Å². The van der Waals surface area contributed by atoms with Gasteiger partial charge >= 0.3 is 0 Å². The minimum atomic E-state index is -0.449. The van der Waals surface area contributed by atoms with Crippen molar-refractivity contribution in [1.82, 2.24) is 5.32 Å². The second-order valence-corrected chi connectivity index (χ2v) is 5.57. The summed E-state index contributed by atoms with van der Waals surface area (Å²) in [5.74, 6) is 0.367. The van der Waals surface area contributed by atoms with Crippen molar-refractivity contribution >= 4 is 11.3 Å². The molecule has 2 rings (SSSR count). The Morgan fingerprint density at radius 1 is 1.67 bits per heavy atom. The van der Waals surface area contributed by atoms with Crippen LogP contribution in [0.15, 0.2) is 17.5 Å². The zero-order valence-electron chi connectivity index (χ0n) is 9.20. The molecule has 3 heteroatoms. The van der Waals surface area contributed by atoms with Crippen LogP contribution in [-0.2, 0) is 6.42 Å². The molecule has 2 N–H and O–H groups in total. The van der Waals surface area contributed by atoms with Gasteiger partial charge in [0.25, 0.3) is 0 Å². The fraction of sp³-hybridized carbons (Fsp3) is 0.667. The van der Waals surface area contributed by atoms with Crippen molar-refractivity contribution in [1.29, 1.82) is 0 Å². The normalized spacial score (nSPS) is 31.7. The highest BCUT2D eigenvalue weighted by Gasteiger charge is 2.35. The van der Waals surface area contributed by atoms with E-state index in [1.165, 1.54) is 4.88 Å². The van der Waals surface area contributed by atoms with E-state index in [9.17, 15) is 5.11 Å². The number of aliphatic hydroxyl groups is 1. The van der Waals surface area contributed by atoms with E-state index in [4.69, 9.17) is 0 Å². The van der Waals surface area contributed by atoms with Crippen molar-refractivity contribution in [3.8, 4) is 0 Å². The van der Waals surface area contributed by atoms with Crippen LogP contribution in [0.5, 0.6) is 0 Å². The Morgan fingerprint density at radius 2 is 2.53 bits per heavy atom. The molecular formula is C12H19NOS. The summed E-state index contributed by atoms with van der Waals surface area (Å²) in [4.78, 5) is 1.38. The summed E-state index contributed by atoms with van der Waals surface area (Å²) >= 11 is 1.78. The van der Waals surface area contributed by atoms with E-state index < -0.39 is 5.60 Å². The zero-order valence-corrected chi connectivity index (χ0v) is 10.0. The molecule has 0 spiro atoms. The summed E-state index contributed by atoms with van der Waals surface area (Å²) in [6.07, 6.45) is 2.80. The lowest BCUT2D eigenvalue weighted by Gasteiger charge is -2.38. The molecule has 84 valence electrons. The molecule has 0 aliphatic carbocycles. The number of rotatable bonds is 3. The monoisotopic (exact) mass is 225 g/mol. The highest BCUT2D eigenvalue weighted by molar-refractivity contribution is 7.09. The van der Waals surface area contributed by atoms with Gasteiger partial charge in [-0.25, -0.2) is 0 Å². The SMILES string of the molecule is CC1CNCCC1(O)CCc1cccs1. The molecule has 2 unspecified atom stereocenters. The van der Waals surface area contributed by atoms with Crippen LogP contribution in [-0.4, -0.2) is 23.8 Å². The standard InChI is InChI=1S/C12H19NOS/c1-10-9-13-7-6-12(10,14)5-4-11-3-2-8-15-11/h2-3,8,10,13-14H,4-7,9H2,1H3. The topological polar surface area (TPSA) is 32.3 Å².